The van der Waals surface area contributed by atoms with E-state index in [1.54, 1.807) is 12.1 Å². The number of anilines is 1. The number of hydrogen-bond acceptors (Lipinski definition) is 2. The van der Waals surface area contributed by atoms with Crippen LogP contribution in [0.1, 0.15) is 5.56 Å². The minimum atomic E-state index is -0.927. The van der Waals surface area contributed by atoms with Crippen LogP contribution in [-0.2, 0) is 6.54 Å². The molecule has 5 heteroatoms. The Bertz CT molecular complexity index is 555. The third-order valence-corrected chi connectivity index (χ3v) is 2.84. The number of hydrogen-bond donors (Lipinski definition) is 2. The van der Waals surface area contributed by atoms with Crippen LogP contribution in [0.25, 0.3) is 0 Å². The molecule has 2 aromatic carbocycles. The molecule has 0 aromatic heterocycles. The molecule has 0 saturated carbocycles. The number of nitrogens with one attached hydrogen (secondary N) is 1. The fourth-order valence-electron chi connectivity index (χ4n) is 1.52. The molecule has 0 amide bonds. The molecule has 0 saturated heterocycles. The summed E-state index contributed by atoms with van der Waals surface area (Å²) < 4.78 is 25.7. The molecular formula is C13H10ClF2NO. The highest BCUT2D eigenvalue weighted by atomic mass is 35.5. The van der Waals surface area contributed by atoms with Crippen molar-refractivity contribution in [1.29, 1.82) is 0 Å². The number of phenols is 1. The van der Waals surface area contributed by atoms with Crippen LogP contribution >= 0.6 is 11.6 Å². The van der Waals surface area contributed by atoms with Crippen molar-refractivity contribution >= 4 is 17.3 Å². The molecular weight excluding hydrogens is 260 g/mol. The highest BCUT2D eigenvalue weighted by Gasteiger charge is 2.07. The van der Waals surface area contributed by atoms with Crippen molar-refractivity contribution in [3.05, 3.63) is 58.6 Å². The Balaban J connectivity index is 2.14. The Hall–Kier alpha value is -1.81. The van der Waals surface area contributed by atoms with Crippen LogP contribution in [0.15, 0.2) is 36.4 Å². The topological polar surface area (TPSA) is 32.3 Å². The third kappa shape index (κ3) is 2.71. The molecule has 2 rings (SSSR count). The Labute approximate surface area is 108 Å². The second-order valence-corrected chi connectivity index (χ2v) is 4.13. The van der Waals surface area contributed by atoms with Gasteiger partial charge in [0.15, 0.2) is 11.6 Å². The first kappa shape index (κ1) is 12.6. The summed E-state index contributed by atoms with van der Waals surface area (Å²) in [5.74, 6) is -1.78. The molecule has 0 aliphatic carbocycles. The van der Waals surface area contributed by atoms with Crippen molar-refractivity contribution in [3.8, 4) is 5.75 Å². The molecule has 0 fully saturated rings. The van der Waals surface area contributed by atoms with Gasteiger partial charge in [0.1, 0.15) is 5.75 Å². The van der Waals surface area contributed by atoms with E-state index in [1.807, 2.05) is 0 Å². The lowest BCUT2D eigenvalue weighted by Crippen LogP contribution is -2.01. The van der Waals surface area contributed by atoms with Gasteiger partial charge in [0.25, 0.3) is 0 Å². The molecule has 0 aliphatic rings. The van der Waals surface area contributed by atoms with Crippen molar-refractivity contribution in [2.45, 2.75) is 6.54 Å². The molecule has 0 atom stereocenters. The van der Waals surface area contributed by atoms with Gasteiger partial charge in [-0.05, 0) is 24.3 Å². The first-order chi connectivity index (χ1) is 8.58. The smallest absolute Gasteiger partial charge is 0.160 e. The van der Waals surface area contributed by atoms with E-state index in [0.717, 1.165) is 12.1 Å². The zero-order chi connectivity index (χ0) is 13.1. The third-order valence-electron chi connectivity index (χ3n) is 2.48. The van der Waals surface area contributed by atoms with Gasteiger partial charge >= 0.3 is 0 Å². The van der Waals surface area contributed by atoms with Crippen molar-refractivity contribution in [2.24, 2.45) is 0 Å². The lowest BCUT2D eigenvalue weighted by molar-refractivity contribution is 0.469. The monoisotopic (exact) mass is 269 g/mol. The van der Waals surface area contributed by atoms with Crippen molar-refractivity contribution < 1.29 is 13.9 Å². The maximum Gasteiger partial charge on any atom is 0.160 e. The van der Waals surface area contributed by atoms with Crippen LogP contribution < -0.4 is 5.32 Å². The zero-order valence-corrected chi connectivity index (χ0v) is 10.0. The van der Waals surface area contributed by atoms with Crippen LogP contribution in [0.3, 0.4) is 0 Å². The lowest BCUT2D eigenvalue weighted by Gasteiger charge is -2.10. The maximum absolute atomic E-state index is 13.0. The standard InChI is InChI=1S/C13H10ClF2NO/c14-10-2-1-3-13(18)9(10)7-17-8-4-5-11(15)12(16)6-8/h1-6,17-18H,7H2. The molecule has 0 aliphatic heterocycles. The summed E-state index contributed by atoms with van der Waals surface area (Å²) in [7, 11) is 0. The normalized spacial score (nSPS) is 10.4. The van der Waals surface area contributed by atoms with E-state index in [0.29, 0.717) is 16.3 Å². The Morgan fingerprint density at radius 3 is 2.56 bits per heavy atom. The van der Waals surface area contributed by atoms with Crippen molar-refractivity contribution in [3.63, 3.8) is 0 Å². The molecule has 2 N–H and O–H groups in total. The molecule has 0 spiro atoms. The van der Waals surface area contributed by atoms with Crippen LogP contribution in [0.5, 0.6) is 5.75 Å². The van der Waals surface area contributed by atoms with E-state index >= 15 is 0 Å². The van der Waals surface area contributed by atoms with E-state index in [9.17, 15) is 13.9 Å². The fraction of sp³-hybridized carbons (Fsp3) is 0.0769. The number of halogens is 3. The summed E-state index contributed by atoms with van der Waals surface area (Å²) in [6.07, 6.45) is 0. The van der Waals surface area contributed by atoms with Crippen LogP contribution in [0.2, 0.25) is 5.02 Å². The molecule has 0 radical (unpaired) electrons. The summed E-state index contributed by atoms with van der Waals surface area (Å²) in [5.41, 5.74) is 0.914. The average molecular weight is 270 g/mol. The van der Waals surface area contributed by atoms with Crippen molar-refractivity contribution in [1.82, 2.24) is 0 Å². The number of benzene rings is 2. The number of rotatable bonds is 3. The van der Waals surface area contributed by atoms with E-state index in [4.69, 9.17) is 11.6 Å². The molecule has 0 unspecified atom stereocenters. The van der Waals surface area contributed by atoms with E-state index in [2.05, 4.69) is 5.32 Å². The van der Waals surface area contributed by atoms with Gasteiger partial charge < -0.3 is 10.4 Å². The van der Waals surface area contributed by atoms with Gasteiger partial charge in [0, 0.05) is 28.9 Å². The second-order valence-electron chi connectivity index (χ2n) is 3.72. The predicted octanol–water partition coefficient (Wildman–Crippen LogP) is 3.94. The lowest BCUT2D eigenvalue weighted by atomic mass is 10.2. The van der Waals surface area contributed by atoms with Gasteiger partial charge in [-0.25, -0.2) is 8.78 Å². The predicted molar refractivity (Wildman–Crippen MR) is 66.8 cm³/mol. The summed E-state index contributed by atoms with van der Waals surface area (Å²) in [6, 6.07) is 8.26. The summed E-state index contributed by atoms with van der Waals surface area (Å²) in [5, 5.41) is 12.9. The molecule has 94 valence electrons. The zero-order valence-electron chi connectivity index (χ0n) is 9.25. The first-order valence-corrected chi connectivity index (χ1v) is 5.61. The SMILES string of the molecule is Oc1cccc(Cl)c1CNc1ccc(F)c(F)c1. The molecule has 0 bridgehead atoms. The highest BCUT2D eigenvalue weighted by Crippen LogP contribution is 2.26. The van der Waals surface area contributed by atoms with Crippen molar-refractivity contribution in [2.75, 3.05) is 5.32 Å². The van der Waals surface area contributed by atoms with E-state index in [1.165, 1.54) is 12.1 Å². The van der Waals surface area contributed by atoms with Crippen LogP contribution in [0, 0.1) is 11.6 Å². The largest absolute Gasteiger partial charge is 0.508 e. The maximum atomic E-state index is 13.0. The highest BCUT2D eigenvalue weighted by molar-refractivity contribution is 6.31. The number of aromatic hydroxyl groups is 1. The average Bonchev–Trinajstić information content (AvgIpc) is 2.33. The Kier molecular flexibility index (Phi) is 3.67. The second kappa shape index (κ2) is 5.23. The van der Waals surface area contributed by atoms with E-state index in [-0.39, 0.29) is 12.3 Å². The van der Waals surface area contributed by atoms with Gasteiger partial charge in [0.2, 0.25) is 0 Å². The molecule has 2 nitrogen and oxygen atoms in total. The van der Waals surface area contributed by atoms with Crippen LogP contribution in [-0.4, -0.2) is 5.11 Å². The number of phenolic OH excluding ortho intramolecular Hbond substituents is 1. The van der Waals surface area contributed by atoms with Gasteiger partial charge in [-0.1, -0.05) is 17.7 Å². The van der Waals surface area contributed by atoms with Gasteiger partial charge in [-0.15, -0.1) is 0 Å². The fourth-order valence-corrected chi connectivity index (χ4v) is 1.76. The van der Waals surface area contributed by atoms with Crippen LogP contribution in [0.4, 0.5) is 14.5 Å². The quantitative estimate of drug-likeness (QED) is 0.885. The minimum absolute atomic E-state index is 0.0533. The summed E-state index contributed by atoms with van der Waals surface area (Å²) >= 11 is 5.92. The first-order valence-electron chi connectivity index (χ1n) is 5.23. The van der Waals surface area contributed by atoms with Gasteiger partial charge in [-0.3, -0.25) is 0 Å². The molecule has 18 heavy (non-hydrogen) atoms. The summed E-state index contributed by atoms with van der Waals surface area (Å²) in [6.45, 7) is 0.219. The Morgan fingerprint density at radius 2 is 1.89 bits per heavy atom. The molecule has 2 aromatic rings. The minimum Gasteiger partial charge on any atom is -0.508 e. The summed E-state index contributed by atoms with van der Waals surface area (Å²) in [4.78, 5) is 0. The van der Waals surface area contributed by atoms with Gasteiger partial charge in [-0.2, -0.15) is 0 Å². The molecule has 0 heterocycles. The van der Waals surface area contributed by atoms with E-state index < -0.39 is 11.6 Å². The van der Waals surface area contributed by atoms with Gasteiger partial charge in [0.05, 0.1) is 0 Å². The Morgan fingerprint density at radius 1 is 1.11 bits per heavy atom.